The zero-order valence-electron chi connectivity index (χ0n) is 10.6. The summed E-state index contributed by atoms with van der Waals surface area (Å²) in [5.41, 5.74) is 0. The van der Waals surface area contributed by atoms with Gasteiger partial charge >= 0.3 is 5.97 Å². The number of hydrogen-bond donors (Lipinski definition) is 1. The fourth-order valence-corrected chi connectivity index (χ4v) is 2.30. The Morgan fingerprint density at radius 2 is 1.61 bits per heavy atom. The summed E-state index contributed by atoms with van der Waals surface area (Å²) in [5.74, 6) is -0.618. The van der Waals surface area contributed by atoms with Gasteiger partial charge in [0.05, 0.1) is 5.33 Å². The predicted molar refractivity (Wildman–Crippen MR) is 69.6 cm³/mol. The van der Waals surface area contributed by atoms with Crippen LogP contribution in [0.1, 0.15) is 39.5 Å². The van der Waals surface area contributed by atoms with E-state index >= 15 is 0 Å². The van der Waals surface area contributed by atoms with Crippen molar-refractivity contribution in [2.24, 2.45) is 5.92 Å². The zero-order chi connectivity index (χ0) is 14.1. The largest absolute Gasteiger partial charge is 0.481 e. The number of carboxylic acids is 1. The number of hydrogen-bond acceptors (Lipinski definition) is 4. The SMILES string of the molecule is CC(=O)O.CC(=O)OC1CCC(C(=O)CBr)CC1. The maximum Gasteiger partial charge on any atom is 0.302 e. The Morgan fingerprint density at radius 3 is 1.94 bits per heavy atom. The molecule has 104 valence electrons. The minimum absolute atomic E-state index is 0.0341. The monoisotopic (exact) mass is 322 g/mol. The Bertz CT molecular complexity index is 291. The van der Waals surface area contributed by atoms with Crippen LogP contribution < -0.4 is 0 Å². The number of carbonyl (C=O) groups excluding carboxylic acids is 2. The minimum Gasteiger partial charge on any atom is -0.481 e. The fraction of sp³-hybridized carbons (Fsp3) is 0.750. The zero-order valence-corrected chi connectivity index (χ0v) is 12.2. The van der Waals surface area contributed by atoms with E-state index in [9.17, 15) is 9.59 Å². The van der Waals surface area contributed by atoms with E-state index in [2.05, 4.69) is 15.9 Å². The number of rotatable bonds is 3. The molecule has 1 aliphatic carbocycles. The third kappa shape index (κ3) is 8.22. The molecule has 1 aliphatic rings. The van der Waals surface area contributed by atoms with Crippen LogP contribution in [0.3, 0.4) is 0 Å². The number of halogens is 1. The van der Waals surface area contributed by atoms with Crippen LogP contribution in [0.15, 0.2) is 0 Å². The molecule has 0 atom stereocenters. The summed E-state index contributed by atoms with van der Waals surface area (Å²) in [6, 6.07) is 0. The van der Waals surface area contributed by atoms with Crippen LogP contribution in [-0.2, 0) is 19.1 Å². The number of aliphatic carboxylic acids is 1. The van der Waals surface area contributed by atoms with E-state index in [1.807, 2.05) is 0 Å². The first-order valence-corrected chi connectivity index (χ1v) is 6.94. The van der Waals surface area contributed by atoms with Gasteiger partial charge in [-0.15, -0.1) is 0 Å². The van der Waals surface area contributed by atoms with Gasteiger partial charge in [-0.1, -0.05) is 15.9 Å². The van der Waals surface area contributed by atoms with Crippen LogP contribution in [0.4, 0.5) is 0 Å². The molecule has 0 radical (unpaired) electrons. The highest BCUT2D eigenvalue weighted by Gasteiger charge is 2.26. The summed E-state index contributed by atoms with van der Waals surface area (Å²) >= 11 is 3.17. The van der Waals surface area contributed by atoms with Gasteiger partial charge in [-0.25, -0.2) is 0 Å². The van der Waals surface area contributed by atoms with E-state index < -0.39 is 5.97 Å². The molecule has 1 saturated carbocycles. The van der Waals surface area contributed by atoms with E-state index in [1.54, 1.807) is 0 Å². The highest BCUT2D eigenvalue weighted by molar-refractivity contribution is 9.09. The van der Waals surface area contributed by atoms with Crippen molar-refractivity contribution in [3.05, 3.63) is 0 Å². The Morgan fingerprint density at radius 1 is 1.17 bits per heavy atom. The van der Waals surface area contributed by atoms with E-state index in [1.165, 1.54) is 6.92 Å². The number of carboxylic acid groups (broad SMARTS) is 1. The lowest BCUT2D eigenvalue weighted by molar-refractivity contribution is -0.148. The first-order valence-electron chi connectivity index (χ1n) is 5.82. The molecule has 0 saturated heterocycles. The van der Waals surface area contributed by atoms with Crippen molar-refractivity contribution in [2.75, 3.05) is 5.33 Å². The second kappa shape index (κ2) is 9.08. The molecule has 0 aliphatic heterocycles. The second-order valence-electron chi connectivity index (χ2n) is 4.20. The molecule has 0 aromatic heterocycles. The van der Waals surface area contributed by atoms with Gasteiger partial charge < -0.3 is 9.84 Å². The van der Waals surface area contributed by atoms with Crippen LogP contribution in [0, 0.1) is 5.92 Å². The molecule has 1 fully saturated rings. The van der Waals surface area contributed by atoms with E-state index in [4.69, 9.17) is 14.6 Å². The van der Waals surface area contributed by atoms with Crippen LogP contribution in [0.2, 0.25) is 0 Å². The van der Waals surface area contributed by atoms with Gasteiger partial charge in [0.25, 0.3) is 5.97 Å². The lowest BCUT2D eigenvalue weighted by Gasteiger charge is -2.26. The van der Waals surface area contributed by atoms with E-state index in [0.717, 1.165) is 32.6 Å². The Kier molecular flexibility index (Phi) is 8.62. The van der Waals surface area contributed by atoms with Crippen LogP contribution >= 0.6 is 15.9 Å². The van der Waals surface area contributed by atoms with Gasteiger partial charge in [-0.2, -0.15) is 0 Å². The summed E-state index contributed by atoms with van der Waals surface area (Å²) in [4.78, 5) is 31.0. The van der Waals surface area contributed by atoms with Gasteiger partial charge in [-0.05, 0) is 25.7 Å². The van der Waals surface area contributed by atoms with E-state index in [-0.39, 0.29) is 23.8 Å². The third-order valence-corrected chi connectivity index (χ3v) is 3.15. The van der Waals surface area contributed by atoms with Crippen molar-refractivity contribution in [1.82, 2.24) is 0 Å². The number of ketones is 1. The highest BCUT2D eigenvalue weighted by atomic mass is 79.9. The fourth-order valence-electron chi connectivity index (χ4n) is 1.85. The Hall–Kier alpha value is -0.910. The van der Waals surface area contributed by atoms with Crippen molar-refractivity contribution in [3.8, 4) is 0 Å². The van der Waals surface area contributed by atoms with Crippen molar-refractivity contribution in [3.63, 3.8) is 0 Å². The molecule has 1 N–H and O–H groups in total. The highest BCUT2D eigenvalue weighted by Crippen LogP contribution is 2.27. The van der Waals surface area contributed by atoms with Gasteiger partial charge in [0.2, 0.25) is 0 Å². The molecule has 18 heavy (non-hydrogen) atoms. The van der Waals surface area contributed by atoms with Gasteiger partial charge in [0.15, 0.2) is 0 Å². The second-order valence-corrected chi connectivity index (χ2v) is 4.76. The lowest BCUT2D eigenvalue weighted by Crippen LogP contribution is -2.27. The summed E-state index contributed by atoms with van der Waals surface area (Å²) in [7, 11) is 0. The first kappa shape index (κ1) is 17.1. The topological polar surface area (TPSA) is 80.7 Å². The minimum atomic E-state index is -0.833. The molecule has 0 aromatic carbocycles. The maximum absolute atomic E-state index is 11.3. The molecule has 0 unspecified atom stereocenters. The normalized spacial score (nSPS) is 22.4. The number of alkyl halides is 1. The summed E-state index contributed by atoms with van der Waals surface area (Å²) < 4.78 is 5.09. The standard InChI is InChI=1S/C10H15BrO3.C2H4O2/c1-7(12)14-9-4-2-8(3-5-9)10(13)6-11;1-2(3)4/h8-9H,2-6H2,1H3;1H3,(H,3,4). The third-order valence-electron chi connectivity index (χ3n) is 2.59. The smallest absolute Gasteiger partial charge is 0.302 e. The molecule has 0 aromatic rings. The average Bonchev–Trinajstić information content (AvgIpc) is 2.27. The average molecular weight is 323 g/mol. The molecule has 0 spiro atoms. The predicted octanol–water partition coefficient (Wildman–Crippen LogP) is 2.16. The van der Waals surface area contributed by atoms with E-state index in [0.29, 0.717) is 5.33 Å². The molecule has 6 heteroatoms. The van der Waals surface area contributed by atoms with Crippen molar-refractivity contribution in [2.45, 2.75) is 45.6 Å². The van der Waals surface area contributed by atoms with Crippen LogP contribution in [0.5, 0.6) is 0 Å². The molecule has 1 rings (SSSR count). The van der Waals surface area contributed by atoms with Gasteiger partial charge in [0.1, 0.15) is 11.9 Å². The molecule has 0 amide bonds. The molecule has 0 bridgehead atoms. The number of carbonyl (C=O) groups is 3. The molecular formula is C12H19BrO5. The van der Waals surface area contributed by atoms with Crippen LogP contribution in [-0.4, -0.2) is 34.3 Å². The van der Waals surface area contributed by atoms with Gasteiger partial charge in [-0.3, -0.25) is 14.4 Å². The van der Waals surface area contributed by atoms with Crippen molar-refractivity contribution in [1.29, 1.82) is 0 Å². The Balaban J connectivity index is 0.000000631. The van der Waals surface area contributed by atoms with Crippen molar-refractivity contribution < 1.29 is 24.2 Å². The lowest BCUT2D eigenvalue weighted by atomic mass is 9.85. The Labute approximate surface area is 115 Å². The number of Topliss-reactive ketones (excluding diaryl/α,β-unsaturated/α-hetero) is 1. The van der Waals surface area contributed by atoms with Crippen LogP contribution in [0.25, 0.3) is 0 Å². The summed E-state index contributed by atoms with van der Waals surface area (Å²) in [6.07, 6.45) is 3.38. The first-order chi connectivity index (χ1) is 8.36. The molecule has 5 nitrogen and oxygen atoms in total. The van der Waals surface area contributed by atoms with Crippen molar-refractivity contribution >= 4 is 33.7 Å². The maximum atomic E-state index is 11.3. The molecular weight excluding hydrogens is 304 g/mol. The molecule has 0 heterocycles. The quantitative estimate of drug-likeness (QED) is 0.636. The number of ether oxygens (including phenoxy) is 1. The van der Waals surface area contributed by atoms with Gasteiger partial charge in [0, 0.05) is 19.8 Å². The summed E-state index contributed by atoms with van der Waals surface area (Å²) in [5, 5.41) is 7.86. The number of esters is 1. The summed E-state index contributed by atoms with van der Waals surface area (Å²) in [6.45, 7) is 2.51.